The van der Waals surface area contributed by atoms with E-state index >= 15 is 0 Å². The number of rotatable bonds is 5. The van der Waals surface area contributed by atoms with Crippen molar-refractivity contribution in [1.29, 1.82) is 0 Å². The van der Waals surface area contributed by atoms with Crippen LogP contribution >= 0.6 is 0 Å². The summed E-state index contributed by atoms with van der Waals surface area (Å²) in [5.74, 6) is 0. The summed E-state index contributed by atoms with van der Waals surface area (Å²) in [6, 6.07) is 7.35. The van der Waals surface area contributed by atoms with Gasteiger partial charge in [0.05, 0.1) is 4.90 Å². The topological polar surface area (TPSA) is 70.2 Å². The molecule has 0 amide bonds. The fourth-order valence-corrected chi connectivity index (χ4v) is 3.42. The van der Waals surface area contributed by atoms with Crippen LogP contribution in [0.3, 0.4) is 0 Å². The molecular formula is C14H23N3O2S. The van der Waals surface area contributed by atoms with E-state index in [9.17, 15) is 8.42 Å². The van der Waals surface area contributed by atoms with E-state index in [4.69, 9.17) is 0 Å². The first-order valence-electron chi connectivity index (χ1n) is 7.19. The van der Waals surface area contributed by atoms with Crippen molar-refractivity contribution >= 4 is 15.7 Å². The van der Waals surface area contributed by atoms with Crippen LogP contribution in [-0.2, 0) is 10.0 Å². The lowest BCUT2D eigenvalue weighted by Gasteiger charge is -2.18. The number of anilines is 1. The summed E-state index contributed by atoms with van der Waals surface area (Å²) in [4.78, 5) is 0.309. The highest BCUT2D eigenvalue weighted by molar-refractivity contribution is 7.89. The van der Waals surface area contributed by atoms with Crippen molar-refractivity contribution in [1.82, 2.24) is 10.0 Å². The molecule has 5 nitrogen and oxygen atoms in total. The molecule has 1 aliphatic rings. The molecular weight excluding hydrogens is 274 g/mol. The summed E-state index contributed by atoms with van der Waals surface area (Å²) in [7, 11) is -3.36. The van der Waals surface area contributed by atoms with Gasteiger partial charge in [-0.25, -0.2) is 13.1 Å². The Labute approximate surface area is 121 Å². The Kier molecular flexibility index (Phi) is 5.39. The molecule has 20 heavy (non-hydrogen) atoms. The average molecular weight is 297 g/mol. The molecule has 0 aliphatic carbocycles. The lowest BCUT2D eigenvalue weighted by molar-refractivity contribution is 0.584. The molecule has 1 saturated heterocycles. The standard InChI is InChI=1S/C14H23N3O2S/c1-2-16-20(18,19)14-8-6-12(7-9-14)17-13-5-3-4-10-15-11-13/h6-9,13,15-17H,2-5,10-11H2,1H3. The van der Waals surface area contributed by atoms with Crippen molar-refractivity contribution in [3.8, 4) is 0 Å². The van der Waals surface area contributed by atoms with E-state index in [1.807, 2.05) is 12.1 Å². The maximum Gasteiger partial charge on any atom is 0.240 e. The minimum Gasteiger partial charge on any atom is -0.381 e. The summed E-state index contributed by atoms with van der Waals surface area (Å²) >= 11 is 0. The number of hydrogen-bond acceptors (Lipinski definition) is 4. The van der Waals surface area contributed by atoms with E-state index in [1.165, 1.54) is 12.8 Å². The van der Waals surface area contributed by atoms with Crippen LogP contribution in [0, 0.1) is 0 Å². The summed E-state index contributed by atoms with van der Waals surface area (Å²) in [6.07, 6.45) is 3.58. The van der Waals surface area contributed by atoms with Gasteiger partial charge in [0.2, 0.25) is 10.0 Å². The van der Waals surface area contributed by atoms with Crippen LogP contribution in [0.5, 0.6) is 0 Å². The van der Waals surface area contributed by atoms with Crippen molar-refractivity contribution in [3.05, 3.63) is 24.3 Å². The Hall–Kier alpha value is -1.11. The molecule has 6 heteroatoms. The maximum absolute atomic E-state index is 11.8. The second-order valence-electron chi connectivity index (χ2n) is 5.07. The fourth-order valence-electron chi connectivity index (χ4n) is 2.38. The molecule has 1 fully saturated rings. The van der Waals surface area contributed by atoms with Crippen LogP contribution in [0.2, 0.25) is 0 Å². The molecule has 1 aliphatic heterocycles. The minimum absolute atomic E-state index is 0.309. The molecule has 1 heterocycles. The average Bonchev–Trinajstić information content (AvgIpc) is 2.68. The van der Waals surface area contributed by atoms with Gasteiger partial charge in [-0.05, 0) is 43.7 Å². The third kappa shape index (κ3) is 4.19. The minimum atomic E-state index is -3.36. The van der Waals surface area contributed by atoms with Gasteiger partial charge in [0.15, 0.2) is 0 Å². The Balaban J connectivity index is 2.01. The first kappa shape index (κ1) is 15.3. The monoisotopic (exact) mass is 297 g/mol. The van der Waals surface area contributed by atoms with E-state index < -0.39 is 10.0 Å². The lowest BCUT2D eigenvalue weighted by Crippen LogP contribution is -2.30. The van der Waals surface area contributed by atoms with Crippen LogP contribution < -0.4 is 15.4 Å². The molecule has 2 rings (SSSR count). The van der Waals surface area contributed by atoms with Gasteiger partial charge < -0.3 is 10.6 Å². The lowest BCUT2D eigenvalue weighted by atomic mass is 10.1. The zero-order valence-corrected chi connectivity index (χ0v) is 12.7. The zero-order valence-electron chi connectivity index (χ0n) is 11.9. The number of sulfonamides is 1. The number of nitrogens with one attached hydrogen (secondary N) is 3. The summed E-state index contributed by atoms with van der Waals surface area (Å²) in [6.45, 7) is 4.21. The molecule has 0 bridgehead atoms. The second kappa shape index (κ2) is 7.06. The predicted octanol–water partition coefficient (Wildman–Crippen LogP) is 1.54. The normalized spacial score (nSPS) is 20.4. The first-order valence-corrected chi connectivity index (χ1v) is 8.67. The van der Waals surface area contributed by atoms with Gasteiger partial charge in [-0.2, -0.15) is 0 Å². The van der Waals surface area contributed by atoms with Gasteiger partial charge in [-0.1, -0.05) is 13.3 Å². The van der Waals surface area contributed by atoms with Crippen molar-refractivity contribution in [2.75, 3.05) is 25.0 Å². The van der Waals surface area contributed by atoms with Gasteiger partial charge in [0.1, 0.15) is 0 Å². The first-order chi connectivity index (χ1) is 9.62. The smallest absolute Gasteiger partial charge is 0.240 e. The van der Waals surface area contributed by atoms with Crippen molar-refractivity contribution < 1.29 is 8.42 Å². The van der Waals surface area contributed by atoms with E-state index in [0.29, 0.717) is 17.5 Å². The number of benzene rings is 1. The molecule has 1 aromatic rings. The highest BCUT2D eigenvalue weighted by atomic mass is 32.2. The zero-order chi connectivity index (χ0) is 14.4. The van der Waals surface area contributed by atoms with Gasteiger partial charge in [0, 0.05) is 24.8 Å². The van der Waals surface area contributed by atoms with Crippen molar-refractivity contribution in [2.24, 2.45) is 0 Å². The molecule has 1 unspecified atom stereocenters. The fraction of sp³-hybridized carbons (Fsp3) is 0.571. The highest BCUT2D eigenvalue weighted by Crippen LogP contribution is 2.16. The third-order valence-electron chi connectivity index (χ3n) is 3.42. The highest BCUT2D eigenvalue weighted by Gasteiger charge is 2.14. The molecule has 0 saturated carbocycles. The molecule has 1 atom stereocenters. The Morgan fingerprint density at radius 3 is 2.70 bits per heavy atom. The second-order valence-corrected chi connectivity index (χ2v) is 6.83. The number of hydrogen-bond donors (Lipinski definition) is 3. The third-order valence-corrected chi connectivity index (χ3v) is 4.98. The Morgan fingerprint density at radius 2 is 2.00 bits per heavy atom. The summed E-state index contributed by atoms with van der Waals surface area (Å²) in [5, 5.41) is 6.86. The quantitative estimate of drug-likeness (QED) is 0.771. The van der Waals surface area contributed by atoms with Crippen LogP contribution in [0.1, 0.15) is 26.2 Å². The van der Waals surface area contributed by atoms with Gasteiger partial charge >= 0.3 is 0 Å². The molecule has 1 aromatic carbocycles. The van der Waals surface area contributed by atoms with Crippen molar-refractivity contribution in [3.63, 3.8) is 0 Å². The largest absolute Gasteiger partial charge is 0.381 e. The Morgan fingerprint density at radius 1 is 1.25 bits per heavy atom. The molecule has 112 valence electrons. The van der Waals surface area contributed by atoms with Crippen LogP contribution in [-0.4, -0.2) is 34.1 Å². The van der Waals surface area contributed by atoms with Crippen LogP contribution in [0.25, 0.3) is 0 Å². The van der Waals surface area contributed by atoms with Gasteiger partial charge in [-0.15, -0.1) is 0 Å². The van der Waals surface area contributed by atoms with E-state index in [2.05, 4.69) is 15.4 Å². The van der Waals surface area contributed by atoms with Crippen LogP contribution in [0.4, 0.5) is 5.69 Å². The molecule has 3 N–H and O–H groups in total. The molecule has 0 aromatic heterocycles. The predicted molar refractivity (Wildman–Crippen MR) is 81.4 cm³/mol. The molecule has 0 radical (unpaired) electrons. The van der Waals surface area contributed by atoms with Gasteiger partial charge in [0.25, 0.3) is 0 Å². The van der Waals surface area contributed by atoms with Crippen LogP contribution in [0.15, 0.2) is 29.2 Å². The maximum atomic E-state index is 11.8. The van der Waals surface area contributed by atoms with E-state index in [-0.39, 0.29) is 0 Å². The van der Waals surface area contributed by atoms with E-state index in [0.717, 1.165) is 25.2 Å². The van der Waals surface area contributed by atoms with E-state index in [1.54, 1.807) is 19.1 Å². The Bertz CT molecular complexity index is 506. The summed E-state index contributed by atoms with van der Waals surface area (Å²) in [5.41, 5.74) is 0.967. The molecule has 0 spiro atoms. The van der Waals surface area contributed by atoms with Gasteiger partial charge in [-0.3, -0.25) is 0 Å². The van der Waals surface area contributed by atoms with Crippen molar-refractivity contribution in [2.45, 2.75) is 37.1 Å². The summed E-state index contributed by atoms with van der Waals surface area (Å²) < 4.78 is 26.2. The SMILES string of the molecule is CCNS(=O)(=O)c1ccc(NC2CCCCNC2)cc1.